The SMILES string of the molecule is CC(C)(C)c1ccc(S(=O)(=O)Nc2ccc(Cl)cc2-n2nnc3c2CCCN3)cc1.CC(C)(C)c1ccc(S(=O)(=O)Nc2ccc(Cl)cc2-n2nnc3ncccc32)cc1.CCO. The van der Waals surface area contributed by atoms with Crippen molar-refractivity contribution in [3.63, 3.8) is 0 Å². The molecule has 0 fully saturated rings. The second kappa shape index (κ2) is 19.0. The minimum absolute atomic E-state index is 0.0563. The topological polar surface area (TPSA) is 199 Å². The van der Waals surface area contributed by atoms with Gasteiger partial charge >= 0.3 is 0 Å². The summed E-state index contributed by atoms with van der Waals surface area (Å²) in [6.07, 6.45) is 3.36. The van der Waals surface area contributed by atoms with Gasteiger partial charge in [0.25, 0.3) is 20.0 Å². The summed E-state index contributed by atoms with van der Waals surface area (Å²) in [5.74, 6) is 0.716. The second-order valence-electron chi connectivity index (χ2n) is 16.6. The first-order chi connectivity index (χ1) is 29.7. The Bertz CT molecular complexity index is 2930. The minimum atomic E-state index is -3.83. The molecule has 63 heavy (non-hydrogen) atoms. The van der Waals surface area contributed by atoms with E-state index in [1.807, 2.05) is 24.3 Å². The summed E-state index contributed by atoms with van der Waals surface area (Å²) in [5.41, 5.74) is 5.68. The van der Waals surface area contributed by atoms with Crippen LogP contribution in [-0.4, -0.2) is 70.1 Å². The molecule has 7 aromatic rings. The summed E-state index contributed by atoms with van der Waals surface area (Å²) < 4.78 is 60.7. The monoisotopic (exact) mass is 932 g/mol. The highest BCUT2D eigenvalue weighted by atomic mass is 35.5. The molecule has 0 atom stereocenters. The van der Waals surface area contributed by atoms with Gasteiger partial charge in [-0.05, 0) is 115 Å². The van der Waals surface area contributed by atoms with E-state index < -0.39 is 20.0 Å². The van der Waals surface area contributed by atoms with Crippen molar-refractivity contribution in [2.75, 3.05) is 27.9 Å². The van der Waals surface area contributed by atoms with Crippen LogP contribution >= 0.6 is 23.2 Å². The number of aliphatic hydroxyl groups is 1. The zero-order valence-corrected chi connectivity index (χ0v) is 39.1. The number of halogens is 2. The van der Waals surface area contributed by atoms with E-state index in [1.165, 1.54) is 4.68 Å². The van der Waals surface area contributed by atoms with Gasteiger partial charge in [-0.3, -0.25) is 9.44 Å². The Morgan fingerprint density at radius 3 is 1.67 bits per heavy atom. The number of aliphatic hydroxyl groups excluding tert-OH is 1. The molecule has 0 bridgehead atoms. The van der Waals surface area contributed by atoms with Crippen molar-refractivity contribution in [1.29, 1.82) is 0 Å². The molecule has 3 aromatic heterocycles. The third-order valence-corrected chi connectivity index (χ3v) is 13.0. The zero-order chi connectivity index (χ0) is 45.7. The summed E-state index contributed by atoms with van der Waals surface area (Å²) in [5, 5.41) is 28.3. The predicted octanol–water partition coefficient (Wildman–Crippen LogP) is 8.94. The van der Waals surface area contributed by atoms with Gasteiger partial charge in [0, 0.05) is 29.4 Å². The number of rotatable bonds is 8. The Balaban J connectivity index is 0.000000198. The van der Waals surface area contributed by atoms with Gasteiger partial charge in [0.2, 0.25) is 5.65 Å². The Morgan fingerprint density at radius 2 is 1.17 bits per heavy atom. The number of hydrogen-bond donors (Lipinski definition) is 4. The van der Waals surface area contributed by atoms with Gasteiger partial charge < -0.3 is 10.4 Å². The molecule has 0 aliphatic carbocycles. The first-order valence-corrected chi connectivity index (χ1v) is 23.8. The van der Waals surface area contributed by atoms with Gasteiger partial charge in [-0.25, -0.2) is 31.2 Å². The van der Waals surface area contributed by atoms with Crippen molar-refractivity contribution >= 4 is 71.6 Å². The molecule has 19 heteroatoms. The van der Waals surface area contributed by atoms with E-state index in [2.05, 4.69) is 81.9 Å². The normalized spacial score (nSPS) is 12.9. The summed E-state index contributed by atoms with van der Waals surface area (Å²) in [4.78, 5) is 4.52. The lowest BCUT2D eigenvalue weighted by Crippen LogP contribution is -2.17. The van der Waals surface area contributed by atoms with Gasteiger partial charge in [-0.2, -0.15) is 0 Å². The quantitative estimate of drug-likeness (QED) is 0.113. The molecule has 0 unspecified atom stereocenters. The number of hydrogen-bond acceptors (Lipinski definition) is 11. The fourth-order valence-corrected chi connectivity index (χ4v) is 8.95. The van der Waals surface area contributed by atoms with Gasteiger partial charge in [0.05, 0.1) is 38.2 Å². The molecule has 1 aliphatic heterocycles. The molecule has 4 N–H and O–H groups in total. The molecule has 0 amide bonds. The van der Waals surface area contributed by atoms with Crippen LogP contribution in [0.1, 0.15) is 71.7 Å². The molecule has 8 rings (SSSR count). The van der Waals surface area contributed by atoms with Crippen molar-refractivity contribution in [1.82, 2.24) is 35.0 Å². The van der Waals surface area contributed by atoms with Crippen LogP contribution < -0.4 is 14.8 Å². The van der Waals surface area contributed by atoms with Crippen molar-refractivity contribution in [2.45, 2.75) is 81.9 Å². The van der Waals surface area contributed by atoms with Gasteiger partial charge in [0.15, 0.2) is 5.82 Å². The molecule has 332 valence electrons. The molecule has 1 aliphatic rings. The average Bonchev–Trinajstić information content (AvgIpc) is 3.87. The summed E-state index contributed by atoms with van der Waals surface area (Å²) >= 11 is 12.4. The van der Waals surface area contributed by atoms with E-state index in [-0.39, 0.29) is 27.2 Å². The lowest BCUT2D eigenvalue weighted by atomic mass is 9.87. The molecule has 0 spiro atoms. The Kier molecular flexibility index (Phi) is 14.2. The summed E-state index contributed by atoms with van der Waals surface area (Å²) in [6.45, 7) is 15.3. The maximum Gasteiger partial charge on any atom is 0.261 e. The lowest BCUT2D eigenvalue weighted by molar-refractivity contribution is 0.318. The highest BCUT2D eigenvalue weighted by Gasteiger charge is 2.24. The van der Waals surface area contributed by atoms with E-state index in [1.54, 1.807) is 90.6 Å². The number of aromatic nitrogens is 7. The number of sulfonamides is 2. The van der Waals surface area contributed by atoms with Crippen LogP contribution in [0.15, 0.2) is 113 Å². The Hall–Kier alpha value is -5.59. The standard InChI is InChI=1S/C21H24ClN5O2S.C21H20ClN5O2S.C2H6O/c2*1-21(2,3)14-6-9-16(10-7-14)30(28,29)25-17-11-8-15(22)13-19(17)27-18-5-4-12-23-20(18)24-26-27;1-2-3/h6-11,13,23,25H,4-5,12H2,1-3H3;4-13,25H,1-3H3;3H,2H2,1H3. The molecule has 0 saturated carbocycles. The molecule has 0 radical (unpaired) electrons. The van der Waals surface area contributed by atoms with Crippen LogP contribution in [0.25, 0.3) is 22.5 Å². The number of nitrogens with zero attached hydrogens (tertiary/aromatic N) is 7. The van der Waals surface area contributed by atoms with Crippen LogP contribution in [-0.2, 0) is 37.3 Å². The van der Waals surface area contributed by atoms with Gasteiger partial charge in [-0.1, -0.05) is 99.4 Å². The minimum Gasteiger partial charge on any atom is -0.397 e. The Labute approximate surface area is 378 Å². The van der Waals surface area contributed by atoms with Crippen LogP contribution in [0.2, 0.25) is 10.0 Å². The first-order valence-electron chi connectivity index (χ1n) is 20.0. The molecule has 0 saturated heterocycles. The third kappa shape index (κ3) is 11.1. The van der Waals surface area contributed by atoms with Crippen molar-refractivity contribution in [2.24, 2.45) is 0 Å². The van der Waals surface area contributed by atoms with E-state index in [4.69, 9.17) is 28.3 Å². The number of fused-ring (bicyclic) bond motifs is 2. The fourth-order valence-electron chi connectivity index (χ4n) is 6.47. The second-order valence-corrected chi connectivity index (χ2v) is 20.8. The van der Waals surface area contributed by atoms with Crippen molar-refractivity contribution in [3.8, 4) is 11.4 Å². The van der Waals surface area contributed by atoms with Crippen LogP contribution in [0.3, 0.4) is 0 Å². The van der Waals surface area contributed by atoms with E-state index >= 15 is 0 Å². The van der Waals surface area contributed by atoms with Crippen LogP contribution in [0.5, 0.6) is 0 Å². The number of pyridine rings is 1. The first kappa shape index (κ1) is 46.9. The molecule has 15 nitrogen and oxygen atoms in total. The van der Waals surface area contributed by atoms with E-state index in [0.717, 1.165) is 36.2 Å². The summed E-state index contributed by atoms with van der Waals surface area (Å²) in [7, 11) is -7.62. The number of nitrogens with one attached hydrogen (secondary N) is 3. The maximum absolute atomic E-state index is 13.1. The maximum atomic E-state index is 13.1. The molecular weight excluding hydrogens is 884 g/mol. The van der Waals surface area contributed by atoms with Crippen LogP contribution in [0.4, 0.5) is 17.2 Å². The van der Waals surface area contributed by atoms with Gasteiger partial charge in [0.1, 0.15) is 5.52 Å². The third-order valence-electron chi connectivity index (χ3n) is 9.79. The van der Waals surface area contributed by atoms with Gasteiger partial charge in [-0.15, -0.1) is 10.2 Å². The lowest BCUT2D eigenvalue weighted by Gasteiger charge is -2.19. The average molecular weight is 934 g/mol. The van der Waals surface area contributed by atoms with Crippen molar-refractivity contribution < 1.29 is 21.9 Å². The Morgan fingerprint density at radius 1 is 0.698 bits per heavy atom. The van der Waals surface area contributed by atoms with Crippen LogP contribution in [0, 0.1) is 0 Å². The zero-order valence-electron chi connectivity index (χ0n) is 35.9. The molecule has 4 heterocycles. The predicted molar refractivity (Wildman–Crippen MR) is 250 cm³/mol. The highest BCUT2D eigenvalue weighted by Crippen LogP contribution is 2.32. The molecule has 4 aromatic carbocycles. The number of anilines is 3. The molecular formula is C44H50Cl2N10O5S2. The highest BCUT2D eigenvalue weighted by molar-refractivity contribution is 7.93. The fraction of sp³-hybridized carbons (Fsp3) is 0.295. The number of benzene rings is 4. The van der Waals surface area contributed by atoms with Crippen molar-refractivity contribution in [3.05, 3.63) is 130 Å². The van der Waals surface area contributed by atoms with E-state index in [9.17, 15) is 16.8 Å². The summed E-state index contributed by atoms with van der Waals surface area (Å²) in [6, 6.07) is 27.2. The van der Waals surface area contributed by atoms with E-state index in [0.29, 0.717) is 49.8 Å². The smallest absolute Gasteiger partial charge is 0.261 e. The largest absolute Gasteiger partial charge is 0.397 e.